The molecule has 1 amide bonds. The molecule has 130 valence electrons. The molecule has 0 aromatic rings. The number of aliphatic imine (C=N–C) groups is 1. The van der Waals surface area contributed by atoms with E-state index in [1.165, 1.54) is 25.7 Å². The Balaban J connectivity index is 1.42. The van der Waals surface area contributed by atoms with Gasteiger partial charge in [-0.3, -0.25) is 9.79 Å². The smallest absolute Gasteiger partial charge is 0.233 e. The summed E-state index contributed by atoms with van der Waals surface area (Å²) in [5, 5.41) is 4.52. The molecule has 2 atom stereocenters. The monoisotopic (exact) mass is 337 g/mol. The highest BCUT2D eigenvalue weighted by atomic mass is 32.2. The number of carbonyl (C=O) groups excluding carboxylic acids is 1. The molecule has 3 aliphatic rings. The number of fused-ring (bicyclic) bond motifs is 1. The lowest BCUT2D eigenvalue weighted by atomic mass is 9.75. The van der Waals surface area contributed by atoms with Gasteiger partial charge in [0.05, 0.1) is 17.8 Å². The number of amidine groups is 1. The molecule has 2 heterocycles. The number of thioether (sulfide) groups is 1. The Morgan fingerprint density at radius 1 is 1.22 bits per heavy atom. The third kappa shape index (κ3) is 4.23. The molecule has 2 fully saturated rings. The highest BCUT2D eigenvalue weighted by Crippen LogP contribution is 2.34. The van der Waals surface area contributed by atoms with E-state index in [2.05, 4.69) is 31.0 Å². The van der Waals surface area contributed by atoms with Crippen molar-refractivity contribution in [1.29, 1.82) is 0 Å². The maximum absolute atomic E-state index is 12.4. The Hall–Kier alpha value is -0.710. The van der Waals surface area contributed by atoms with Crippen LogP contribution in [0, 0.1) is 11.3 Å². The number of hydrogen-bond donors (Lipinski definition) is 1. The summed E-state index contributed by atoms with van der Waals surface area (Å²) in [5.41, 5.74) is 0.364. The van der Waals surface area contributed by atoms with E-state index in [4.69, 9.17) is 4.99 Å². The second kappa shape index (κ2) is 7.04. The molecule has 2 aliphatic heterocycles. The largest absolute Gasteiger partial charge is 0.360 e. The standard InChI is InChI=1S/C18H31N3OS/c1-18(2,3)13-8-10-21(11-9-13)16(22)12-23-17-19-14-6-4-5-7-15(14)20-17/h13-15H,4-12H2,1-3H3,(H,19,20)/t14-,15-/m0/s1. The molecule has 4 nitrogen and oxygen atoms in total. The van der Waals surface area contributed by atoms with E-state index in [9.17, 15) is 4.79 Å². The fraction of sp³-hybridized carbons (Fsp3) is 0.889. The molecule has 0 bridgehead atoms. The predicted molar refractivity (Wildman–Crippen MR) is 97.8 cm³/mol. The van der Waals surface area contributed by atoms with E-state index in [1.54, 1.807) is 11.8 Å². The summed E-state index contributed by atoms with van der Waals surface area (Å²) >= 11 is 1.61. The Morgan fingerprint density at radius 3 is 2.57 bits per heavy atom. The zero-order chi connectivity index (χ0) is 16.4. The van der Waals surface area contributed by atoms with Gasteiger partial charge in [0.25, 0.3) is 0 Å². The van der Waals surface area contributed by atoms with E-state index in [-0.39, 0.29) is 5.91 Å². The molecule has 0 spiro atoms. The van der Waals surface area contributed by atoms with Gasteiger partial charge in [-0.2, -0.15) is 0 Å². The van der Waals surface area contributed by atoms with Gasteiger partial charge in [0.15, 0.2) is 5.17 Å². The molecule has 5 heteroatoms. The number of nitrogens with one attached hydrogen (secondary N) is 1. The molecule has 1 N–H and O–H groups in total. The van der Waals surface area contributed by atoms with Gasteiger partial charge in [-0.15, -0.1) is 0 Å². The first kappa shape index (κ1) is 17.1. The second-order valence-electron chi connectivity index (χ2n) is 8.35. The van der Waals surface area contributed by atoms with Crippen LogP contribution in [0.25, 0.3) is 0 Å². The highest BCUT2D eigenvalue weighted by Gasteiger charge is 2.32. The van der Waals surface area contributed by atoms with Gasteiger partial charge in [-0.1, -0.05) is 45.4 Å². The zero-order valence-corrected chi connectivity index (χ0v) is 15.6. The minimum absolute atomic E-state index is 0.279. The summed E-state index contributed by atoms with van der Waals surface area (Å²) < 4.78 is 0. The van der Waals surface area contributed by atoms with Crippen LogP contribution < -0.4 is 5.32 Å². The Kier molecular flexibility index (Phi) is 5.24. The first-order chi connectivity index (χ1) is 10.9. The minimum Gasteiger partial charge on any atom is -0.360 e. The van der Waals surface area contributed by atoms with Crippen LogP contribution in [0.1, 0.15) is 59.3 Å². The van der Waals surface area contributed by atoms with Crippen molar-refractivity contribution in [3.8, 4) is 0 Å². The van der Waals surface area contributed by atoms with Gasteiger partial charge < -0.3 is 10.2 Å². The summed E-state index contributed by atoms with van der Waals surface area (Å²) in [5.74, 6) is 1.55. The van der Waals surface area contributed by atoms with Crippen LogP contribution in [0.5, 0.6) is 0 Å². The molecule has 1 saturated heterocycles. The number of rotatable bonds is 2. The number of amides is 1. The fourth-order valence-corrected chi connectivity index (χ4v) is 4.96. The van der Waals surface area contributed by atoms with Crippen molar-refractivity contribution in [2.24, 2.45) is 16.3 Å². The van der Waals surface area contributed by atoms with Crippen molar-refractivity contribution in [3.63, 3.8) is 0 Å². The molecule has 0 unspecified atom stereocenters. The average molecular weight is 338 g/mol. The van der Waals surface area contributed by atoms with Crippen molar-refractivity contribution in [1.82, 2.24) is 10.2 Å². The van der Waals surface area contributed by atoms with E-state index in [0.717, 1.165) is 37.0 Å². The average Bonchev–Trinajstić information content (AvgIpc) is 2.95. The lowest BCUT2D eigenvalue weighted by Crippen LogP contribution is -2.42. The fourth-order valence-electron chi connectivity index (χ4n) is 4.08. The molecule has 1 saturated carbocycles. The van der Waals surface area contributed by atoms with Gasteiger partial charge in [-0.05, 0) is 37.0 Å². The first-order valence-corrected chi connectivity index (χ1v) is 10.2. The van der Waals surface area contributed by atoms with Crippen LogP contribution in [0.3, 0.4) is 0 Å². The maximum Gasteiger partial charge on any atom is 0.233 e. The lowest BCUT2D eigenvalue weighted by Gasteiger charge is -2.38. The van der Waals surface area contributed by atoms with Crippen LogP contribution in [-0.4, -0.2) is 46.9 Å². The van der Waals surface area contributed by atoms with E-state index in [0.29, 0.717) is 23.3 Å². The summed E-state index contributed by atoms with van der Waals surface area (Å²) in [7, 11) is 0. The SMILES string of the molecule is CC(C)(C)C1CCN(C(=O)CSC2=N[C@H]3CCCC[C@@H]3N2)CC1. The normalized spacial score (nSPS) is 29.0. The van der Waals surface area contributed by atoms with Crippen LogP contribution in [0.15, 0.2) is 4.99 Å². The van der Waals surface area contributed by atoms with E-state index < -0.39 is 0 Å². The van der Waals surface area contributed by atoms with Crippen molar-refractivity contribution in [2.75, 3.05) is 18.8 Å². The number of carbonyl (C=O) groups is 1. The third-order valence-electron chi connectivity index (χ3n) is 5.73. The van der Waals surface area contributed by atoms with Gasteiger partial charge >= 0.3 is 0 Å². The minimum atomic E-state index is 0.279. The molecule has 0 aromatic heterocycles. The van der Waals surface area contributed by atoms with Crippen molar-refractivity contribution >= 4 is 22.8 Å². The molecule has 23 heavy (non-hydrogen) atoms. The summed E-state index contributed by atoms with van der Waals surface area (Å²) in [6.45, 7) is 8.79. The second-order valence-corrected chi connectivity index (χ2v) is 9.31. The third-order valence-corrected chi connectivity index (χ3v) is 6.61. The molecular formula is C18H31N3OS. The first-order valence-electron chi connectivity index (χ1n) is 9.18. The van der Waals surface area contributed by atoms with E-state index >= 15 is 0 Å². The predicted octanol–water partition coefficient (Wildman–Crippen LogP) is 3.27. The van der Waals surface area contributed by atoms with Crippen LogP contribution >= 0.6 is 11.8 Å². The van der Waals surface area contributed by atoms with Crippen LogP contribution in [0.4, 0.5) is 0 Å². The van der Waals surface area contributed by atoms with Crippen LogP contribution in [-0.2, 0) is 4.79 Å². The van der Waals surface area contributed by atoms with Gasteiger partial charge in [0.2, 0.25) is 5.91 Å². The maximum atomic E-state index is 12.4. The molecule has 0 aromatic carbocycles. The van der Waals surface area contributed by atoms with Gasteiger partial charge in [0.1, 0.15) is 0 Å². The summed E-state index contributed by atoms with van der Waals surface area (Å²) in [4.78, 5) is 19.3. The number of hydrogen-bond acceptors (Lipinski definition) is 4. The molecule has 0 radical (unpaired) electrons. The molecular weight excluding hydrogens is 306 g/mol. The lowest BCUT2D eigenvalue weighted by molar-refractivity contribution is -0.130. The van der Waals surface area contributed by atoms with E-state index in [1.807, 2.05) is 0 Å². The Bertz CT molecular complexity index is 463. The Morgan fingerprint density at radius 2 is 1.91 bits per heavy atom. The highest BCUT2D eigenvalue weighted by molar-refractivity contribution is 8.14. The van der Waals surface area contributed by atoms with Crippen molar-refractivity contribution in [3.05, 3.63) is 0 Å². The topological polar surface area (TPSA) is 44.7 Å². The number of likely N-dealkylation sites (tertiary alicyclic amines) is 1. The van der Waals surface area contributed by atoms with Crippen molar-refractivity contribution in [2.45, 2.75) is 71.4 Å². The zero-order valence-electron chi connectivity index (χ0n) is 14.8. The quantitative estimate of drug-likeness (QED) is 0.841. The summed E-state index contributed by atoms with van der Waals surface area (Å²) in [6, 6.07) is 0.993. The number of piperidine rings is 1. The molecule has 1 aliphatic carbocycles. The molecule has 3 rings (SSSR count). The van der Waals surface area contributed by atoms with Gasteiger partial charge in [-0.25, -0.2) is 0 Å². The Labute approximate surface area is 144 Å². The summed E-state index contributed by atoms with van der Waals surface area (Å²) in [6.07, 6.45) is 7.32. The van der Waals surface area contributed by atoms with Crippen LogP contribution in [0.2, 0.25) is 0 Å². The number of nitrogens with zero attached hydrogens (tertiary/aromatic N) is 2. The van der Waals surface area contributed by atoms with Gasteiger partial charge in [0, 0.05) is 13.1 Å². The van der Waals surface area contributed by atoms with Crippen molar-refractivity contribution < 1.29 is 4.79 Å².